The molecule has 0 aromatic heterocycles. The molecule has 4 nitrogen and oxygen atoms in total. The molecule has 23 heavy (non-hydrogen) atoms. The summed E-state index contributed by atoms with van der Waals surface area (Å²) < 4.78 is 4.71. The topological polar surface area (TPSA) is 46.6 Å². The van der Waals surface area contributed by atoms with Gasteiger partial charge in [0.15, 0.2) is 0 Å². The van der Waals surface area contributed by atoms with E-state index in [2.05, 4.69) is 20.8 Å². The molecule has 0 spiro atoms. The molecule has 0 radical (unpaired) electrons. The van der Waals surface area contributed by atoms with Crippen molar-refractivity contribution in [1.82, 2.24) is 4.90 Å². The Labute approximate surface area is 141 Å². The average Bonchev–Trinajstić information content (AvgIpc) is 2.59. The molecule has 1 amide bonds. The molecule has 0 heterocycles. The van der Waals surface area contributed by atoms with E-state index in [0.717, 1.165) is 25.2 Å². The number of esters is 1. The maximum Gasteiger partial charge on any atom is 0.307 e. The van der Waals surface area contributed by atoms with Gasteiger partial charge in [0.1, 0.15) is 0 Å². The molecule has 0 saturated heterocycles. The van der Waals surface area contributed by atoms with Crippen molar-refractivity contribution in [2.75, 3.05) is 13.7 Å². The number of ether oxygens (including phenoxy) is 1. The van der Waals surface area contributed by atoms with E-state index in [1.54, 1.807) is 0 Å². The number of nitrogens with zero attached hydrogens (tertiary/aromatic N) is 1. The van der Waals surface area contributed by atoms with Crippen LogP contribution in [0.4, 0.5) is 0 Å². The van der Waals surface area contributed by atoms with Gasteiger partial charge in [-0.3, -0.25) is 9.59 Å². The van der Waals surface area contributed by atoms with Gasteiger partial charge in [-0.15, -0.1) is 0 Å². The second kappa shape index (κ2) is 10.7. The highest BCUT2D eigenvalue weighted by Gasteiger charge is 2.31. The molecule has 1 aliphatic carbocycles. The molecule has 1 fully saturated rings. The summed E-state index contributed by atoms with van der Waals surface area (Å²) in [7, 11) is 1.40. The van der Waals surface area contributed by atoms with Crippen LogP contribution in [0.25, 0.3) is 0 Å². The van der Waals surface area contributed by atoms with Crippen molar-refractivity contribution < 1.29 is 14.3 Å². The van der Waals surface area contributed by atoms with Crippen LogP contribution in [-0.2, 0) is 14.3 Å². The molecule has 0 aromatic rings. The molecule has 1 saturated carbocycles. The van der Waals surface area contributed by atoms with Crippen molar-refractivity contribution in [1.29, 1.82) is 0 Å². The number of carbonyl (C=O) groups is 2. The number of hydrogen-bond donors (Lipinski definition) is 0. The third-order valence-corrected chi connectivity index (χ3v) is 5.35. The van der Waals surface area contributed by atoms with E-state index in [-0.39, 0.29) is 23.8 Å². The Hall–Kier alpha value is -1.06. The summed E-state index contributed by atoms with van der Waals surface area (Å²) >= 11 is 0. The Morgan fingerprint density at radius 2 is 1.83 bits per heavy atom. The molecule has 0 N–H and O–H groups in total. The normalized spacial score (nSPS) is 22.4. The van der Waals surface area contributed by atoms with Gasteiger partial charge in [0.2, 0.25) is 5.91 Å². The third kappa shape index (κ3) is 6.52. The maximum atomic E-state index is 12.9. The minimum atomic E-state index is -0.241. The molecule has 1 unspecified atom stereocenters. The first kappa shape index (κ1) is 20.0. The van der Waals surface area contributed by atoms with Crippen LogP contribution in [0.3, 0.4) is 0 Å². The SMILES string of the molecule is CCCCC1CCC(C(=O)N(CCC(=O)OC)C(C)CC)CC1. The van der Waals surface area contributed by atoms with Crippen molar-refractivity contribution in [2.24, 2.45) is 11.8 Å². The standard InChI is InChI=1S/C19H35NO3/c1-5-7-8-16-9-11-17(12-10-16)19(22)20(15(3)6-2)14-13-18(21)23-4/h15-17H,5-14H2,1-4H3. The highest BCUT2D eigenvalue weighted by Crippen LogP contribution is 2.33. The highest BCUT2D eigenvalue weighted by molar-refractivity contribution is 5.80. The van der Waals surface area contributed by atoms with Crippen LogP contribution < -0.4 is 0 Å². The predicted molar refractivity (Wildman–Crippen MR) is 93.1 cm³/mol. The Balaban J connectivity index is 2.54. The van der Waals surface area contributed by atoms with Crippen molar-refractivity contribution in [3.05, 3.63) is 0 Å². The Kier molecular flexibility index (Phi) is 9.27. The first-order valence-electron chi connectivity index (χ1n) is 9.40. The number of hydrogen-bond acceptors (Lipinski definition) is 3. The minimum Gasteiger partial charge on any atom is -0.469 e. The van der Waals surface area contributed by atoms with E-state index in [4.69, 9.17) is 4.74 Å². The van der Waals surface area contributed by atoms with Crippen molar-refractivity contribution in [3.8, 4) is 0 Å². The molecule has 1 aliphatic rings. The molecular weight excluding hydrogens is 290 g/mol. The molecule has 0 aromatic carbocycles. The molecule has 134 valence electrons. The maximum absolute atomic E-state index is 12.9. The van der Waals surface area contributed by atoms with Crippen molar-refractivity contribution in [3.63, 3.8) is 0 Å². The Morgan fingerprint density at radius 1 is 1.17 bits per heavy atom. The zero-order chi connectivity index (χ0) is 17.2. The lowest BCUT2D eigenvalue weighted by atomic mass is 9.79. The van der Waals surface area contributed by atoms with Gasteiger partial charge in [0, 0.05) is 18.5 Å². The first-order valence-corrected chi connectivity index (χ1v) is 9.40. The largest absolute Gasteiger partial charge is 0.469 e. The predicted octanol–water partition coefficient (Wildman–Crippen LogP) is 4.17. The van der Waals surface area contributed by atoms with Crippen LogP contribution in [0.2, 0.25) is 0 Å². The van der Waals surface area contributed by atoms with Crippen LogP contribution >= 0.6 is 0 Å². The van der Waals surface area contributed by atoms with Gasteiger partial charge < -0.3 is 9.64 Å². The van der Waals surface area contributed by atoms with Gasteiger partial charge in [0.05, 0.1) is 13.5 Å². The van der Waals surface area contributed by atoms with Gasteiger partial charge in [0.25, 0.3) is 0 Å². The second-order valence-electron chi connectivity index (χ2n) is 6.97. The molecule has 1 atom stereocenters. The summed E-state index contributed by atoms with van der Waals surface area (Å²) in [6, 6.07) is 0.185. The van der Waals surface area contributed by atoms with E-state index >= 15 is 0 Å². The van der Waals surface area contributed by atoms with Gasteiger partial charge >= 0.3 is 5.97 Å². The molecule has 1 rings (SSSR count). The van der Waals surface area contributed by atoms with E-state index in [1.807, 2.05) is 4.90 Å². The summed E-state index contributed by atoms with van der Waals surface area (Å²) in [5, 5.41) is 0. The lowest BCUT2D eigenvalue weighted by Crippen LogP contribution is -2.44. The van der Waals surface area contributed by atoms with Crippen LogP contribution in [0, 0.1) is 11.8 Å². The highest BCUT2D eigenvalue weighted by atomic mass is 16.5. The van der Waals surface area contributed by atoms with Gasteiger partial charge in [-0.05, 0) is 44.9 Å². The Morgan fingerprint density at radius 3 is 2.35 bits per heavy atom. The van der Waals surface area contributed by atoms with E-state index in [0.29, 0.717) is 13.0 Å². The number of methoxy groups -OCH3 is 1. The van der Waals surface area contributed by atoms with Gasteiger partial charge in [-0.2, -0.15) is 0 Å². The first-order chi connectivity index (χ1) is 11.0. The number of unbranched alkanes of at least 4 members (excludes halogenated alkanes) is 1. The van der Waals surface area contributed by atoms with Gasteiger partial charge in [-0.25, -0.2) is 0 Å². The Bertz CT molecular complexity index is 362. The molecular formula is C19H35NO3. The van der Waals surface area contributed by atoms with Crippen LogP contribution in [0.1, 0.15) is 78.6 Å². The average molecular weight is 325 g/mol. The zero-order valence-corrected chi connectivity index (χ0v) is 15.5. The van der Waals surface area contributed by atoms with Crippen LogP contribution in [0.15, 0.2) is 0 Å². The lowest BCUT2D eigenvalue weighted by molar-refractivity contribution is -0.143. The van der Waals surface area contributed by atoms with E-state index < -0.39 is 0 Å². The molecule has 4 heteroatoms. The zero-order valence-electron chi connectivity index (χ0n) is 15.5. The smallest absolute Gasteiger partial charge is 0.307 e. The summed E-state index contributed by atoms with van der Waals surface area (Å²) in [5.74, 6) is 0.970. The van der Waals surface area contributed by atoms with Crippen LogP contribution in [-0.4, -0.2) is 36.5 Å². The monoisotopic (exact) mass is 325 g/mol. The fourth-order valence-electron chi connectivity index (χ4n) is 3.51. The summed E-state index contributed by atoms with van der Waals surface area (Å²) in [4.78, 5) is 26.2. The number of amides is 1. The molecule has 0 aliphatic heterocycles. The number of carbonyl (C=O) groups excluding carboxylic acids is 2. The quantitative estimate of drug-likeness (QED) is 0.598. The third-order valence-electron chi connectivity index (χ3n) is 5.35. The van der Waals surface area contributed by atoms with Gasteiger partial charge in [-0.1, -0.05) is 33.1 Å². The van der Waals surface area contributed by atoms with Crippen molar-refractivity contribution in [2.45, 2.75) is 84.6 Å². The summed E-state index contributed by atoms with van der Waals surface area (Å²) in [6.45, 7) is 6.88. The van der Waals surface area contributed by atoms with E-state index in [9.17, 15) is 9.59 Å². The van der Waals surface area contributed by atoms with Crippen LogP contribution in [0.5, 0.6) is 0 Å². The summed E-state index contributed by atoms with van der Waals surface area (Å²) in [5.41, 5.74) is 0. The molecule has 0 bridgehead atoms. The minimum absolute atomic E-state index is 0.152. The number of rotatable bonds is 9. The van der Waals surface area contributed by atoms with Crippen molar-refractivity contribution >= 4 is 11.9 Å². The summed E-state index contributed by atoms with van der Waals surface area (Å²) in [6.07, 6.45) is 9.47. The fourth-order valence-corrected chi connectivity index (χ4v) is 3.51. The lowest BCUT2D eigenvalue weighted by Gasteiger charge is -2.35. The fraction of sp³-hybridized carbons (Fsp3) is 0.895. The second-order valence-corrected chi connectivity index (χ2v) is 6.97. The van der Waals surface area contributed by atoms with E-state index in [1.165, 1.54) is 39.2 Å².